The van der Waals surface area contributed by atoms with E-state index < -0.39 is 24.7 Å². The first-order valence-electron chi connectivity index (χ1n) is 8.46. The molecule has 0 spiro atoms. The van der Waals surface area contributed by atoms with Crippen LogP contribution in [0.4, 0.5) is 0 Å². The minimum Gasteiger partial charge on any atom is -0.496 e. The van der Waals surface area contributed by atoms with E-state index in [0.29, 0.717) is 16.9 Å². The monoisotopic (exact) mass is 367 g/mol. The van der Waals surface area contributed by atoms with Crippen LogP contribution in [-0.2, 0) is 0 Å². The lowest BCUT2D eigenvalue weighted by Crippen LogP contribution is -2.42. The third-order valence-electron chi connectivity index (χ3n) is 4.31. The van der Waals surface area contributed by atoms with Crippen LogP contribution in [0.25, 0.3) is 11.1 Å². The molecular formula is C20H21N3O4. The molecule has 0 bridgehead atoms. The van der Waals surface area contributed by atoms with Gasteiger partial charge in [0.15, 0.2) is 0 Å². The average Bonchev–Trinajstić information content (AvgIpc) is 3.26. The first-order chi connectivity index (χ1) is 13.1. The van der Waals surface area contributed by atoms with Gasteiger partial charge < -0.3 is 20.3 Å². The Balaban J connectivity index is 1.78. The molecule has 3 rings (SSSR count). The molecule has 140 valence electrons. The molecule has 1 aromatic heterocycles. The second-order valence-electron chi connectivity index (χ2n) is 6.02. The Bertz CT molecular complexity index is 882. The van der Waals surface area contributed by atoms with Crippen molar-refractivity contribution in [1.82, 2.24) is 15.5 Å². The number of carbonyl (C=O) groups excluding carboxylic acids is 1. The number of ether oxygens (including phenoxy) is 1. The molecule has 0 unspecified atom stereocenters. The number of aromatic nitrogens is 2. The number of aliphatic hydroxyl groups excluding tert-OH is 2. The van der Waals surface area contributed by atoms with Crippen molar-refractivity contribution in [1.29, 1.82) is 0 Å². The first kappa shape index (κ1) is 18.6. The normalized spacial score (nSPS) is 13.0. The molecule has 1 heterocycles. The van der Waals surface area contributed by atoms with Gasteiger partial charge in [-0.05, 0) is 23.8 Å². The van der Waals surface area contributed by atoms with Crippen LogP contribution in [0.15, 0.2) is 60.9 Å². The van der Waals surface area contributed by atoms with E-state index in [9.17, 15) is 15.0 Å². The van der Waals surface area contributed by atoms with Crippen LogP contribution in [-0.4, -0.2) is 46.1 Å². The lowest BCUT2D eigenvalue weighted by molar-refractivity contribution is 0.0703. The highest BCUT2D eigenvalue weighted by molar-refractivity contribution is 5.95. The van der Waals surface area contributed by atoms with E-state index in [1.807, 2.05) is 6.07 Å². The summed E-state index contributed by atoms with van der Waals surface area (Å²) in [6.45, 7) is -0.397. The maximum Gasteiger partial charge on any atom is 0.251 e. The average molecular weight is 367 g/mol. The van der Waals surface area contributed by atoms with Crippen molar-refractivity contribution in [2.75, 3.05) is 13.7 Å². The summed E-state index contributed by atoms with van der Waals surface area (Å²) in [5, 5.41) is 29.4. The molecule has 2 atom stereocenters. The molecule has 3 aromatic rings. The van der Waals surface area contributed by atoms with E-state index in [1.54, 1.807) is 54.9 Å². The summed E-state index contributed by atoms with van der Waals surface area (Å²) < 4.78 is 5.39. The van der Waals surface area contributed by atoms with Crippen LogP contribution >= 0.6 is 0 Å². The van der Waals surface area contributed by atoms with Crippen molar-refractivity contribution in [3.8, 4) is 16.9 Å². The molecule has 0 saturated carbocycles. The topological polar surface area (TPSA) is 107 Å². The number of nitrogens with zero attached hydrogens (tertiary/aromatic N) is 1. The van der Waals surface area contributed by atoms with Gasteiger partial charge in [-0.1, -0.05) is 30.3 Å². The van der Waals surface area contributed by atoms with Gasteiger partial charge in [-0.25, -0.2) is 0 Å². The predicted octanol–water partition coefficient (Wildman–Crippen LogP) is 1.91. The maximum absolute atomic E-state index is 12.6. The van der Waals surface area contributed by atoms with E-state index in [2.05, 4.69) is 15.5 Å². The first-order valence-corrected chi connectivity index (χ1v) is 8.46. The van der Waals surface area contributed by atoms with Crippen LogP contribution < -0.4 is 10.1 Å². The minimum atomic E-state index is -1.02. The molecule has 1 amide bonds. The van der Waals surface area contributed by atoms with E-state index >= 15 is 0 Å². The molecule has 27 heavy (non-hydrogen) atoms. The summed E-state index contributed by atoms with van der Waals surface area (Å²) >= 11 is 0. The molecule has 7 heteroatoms. The fraction of sp³-hybridized carbons (Fsp3) is 0.200. The van der Waals surface area contributed by atoms with Crippen LogP contribution in [0.3, 0.4) is 0 Å². The van der Waals surface area contributed by atoms with Crippen LogP contribution in [0.5, 0.6) is 5.75 Å². The summed E-state index contributed by atoms with van der Waals surface area (Å²) in [4.78, 5) is 12.6. The summed E-state index contributed by atoms with van der Waals surface area (Å²) in [6, 6.07) is 13.1. The van der Waals surface area contributed by atoms with Crippen LogP contribution in [0.2, 0.25) is 0 Å². The van der Waals surface area contributed by atoms with Gasteiger partial charge in [0, 0.05) is 22.9 Å². The summed E-state index contributed by atoms with van der Waals surface area (Å²) in [5.41, 5.74) is 2.61. The van der Waals surface area contributed by atoms with Gasteiger partial charge in [0.25, 0.3) is 5.91 Å². The summed E-state index contributed by atoms with van der Waals surface area (Å²) in [6.07, 6.45) is 2.37. The molecule has 0 radical (unpaired) electrons. The highest BCUT2D eigenvalue weighted by Gasteiger charge is 2.23. The van der Waals surface area contributed by atoms with Gasteiger partial charge in [0.1, 0.15) is 11.9 Å². The molecule has 4 N–H and O–H groups in total. The van der Waals surface area contributed by atoms with E-state index in [0.717, 1.165) is 11.1 Å². The Kier molecular flexibility index (Phi) is 5.85. The molecule has 0 aliphatic carbocycles. The maximum atomic E-state index is 12.6. The Hall–Kier alpha value is -3.16. The lowest BCUT2D eigenvalue weighted by Gasteiger charge is -2.23. The predicted molar refractivity (Wildman–Crippen MR) is 100 cm³/mol. The Morgan fingerprint density at radius 3 is 2.67 bits per heavy atom. The summed E-state index contributed by atoms with van der Waals surface area (Å²) in [5.74, 6) is 0.106. The number of amides is 1. The van der Waals surface area contributed by atoms with Crippen molar-refractivity contribution < 1.29 is 19.7 Å². The fourth-order valence-corrected chi connectivity index (χ4v) is 2.83. The van der Waals surface area contributed by atoms with Gasteiger partial charge >= 0.3 is 0 Å². The number of aliphatic hydroxyl groups is 2. The van der Waals surface area contributed by atoms with Gasteiger partial charge in [0.05, 0.1) is 26.0 Å². The zero-order chi connectivity index (χ0) is 19.2. The highest BCUT2D eigenvalue weighted by atomic mass is 16.5. The second kappa shape index (κ2) is 8.48. The number of aromatic amines is 1. The summed E-state index contributed by atoms with van der Waals surface area (Å²) in [7, 11) is 1.52. The standard InChI is InChI=1S/C20H21N3O4/c1-27-18-9-14(7-8-16(18)15-10-21-22-11-15)20(26)23-17(12-24)19(25)13-5-3-2-4-6-13/h2-11,17,19,24-25H,12H2,1H3,(H,21,22)(H,23,26)/t17-,19-/m1/s1. The number of carbonyl (C=O) groups is 1. The van der Waals surface area contributed by atoms with E-state index in [-0.39, 0.29) is 0 Å². The number of nitrogens with one attached hydrogen (secondary N) is 2. The highest BCUT2D eigenvalue weighted by Crippen LogP contribution is 2.30. The molecule has 0 fully saturated rings. The zero-order valence-corrected chi connectivity index (χ0v) is 14.8. The molecular weight excluding hydrogens is 346 g/mol. The van der Waals surface area contributed by atoms with E-state index in [1.165, 1.54) is 7.11 Å². The molecule has 0 aliphatic heterocycles. The molecule has 2 aromatic carbocycles. The van der Waals surface area contributed by atoms with Gasteiger partial charge in [-0.2, -0.15) is 5.10 Å². The molecule has 7 nitrogen and oxygen atoms in total. The van der Waals surface area contributed by atoms with Crippen molar-refractivity contribution >= 4 is 5.91 Å². The third kappa shape index (κ3) is 4.16. The smallest absolute Gasteiger partial charge is 0.251 e. The lowest BCUT2D eigenvalue weighted by atomic mass is 10.0. The van der Waals surface area contributed by atoms with Crippen molar-refractivity contribution in [2.45, 2.75) is 12.1 Å². The van der Waals surface area contributed by atoms with Gasteiger partial charge in [0.2, 0.25) is 0 Å². The Morgan fingerprint density at radius 1 is 1.26 bits per heavy atom. The number of hydrogen-bond donors (Lipinski definition) is 4. The quantitative estimate of drug-likeness (QED) is 0.510. The fourth-order valence-electron chi connectivity index (χ4n) is 2.83. The Labute approximate surface area is 156 Å². The molecule has 0 saturated heterocycles. The van der Waals surface area contributed by atoms with E-state index in [4.69, 9.17) is 4.74 Å². The number of benzene rings is 2. The SMILES string of the molecule is COc1cc(C(=O)N[C@H](CO)[C@H](O)c2ccccc2)ccc1-c1cn[nH]c1. The number of methoxy groups -OCH3 is 1. The van der Waals surface area contributed by atoms with Crippen molar-refractivity contribution in [2.24, 2.45) is 0 Å². The van der Waals surface area contributed by atoms with Gasteiger partial charge in [-0.15, -0.1) is 0 Å². The van der Waals surface area contributed by atoms with Crippen molar-refractivity contribution in [3.63, 3.8) is 0 Å². The zero-order valence-electron chi connectivity index (χ0n) is 14.8. The van der Waals surface area contributed by atoms with Crippen LogP contribution in [0.1, 0.15) is 22.0 Å². The van der Waals surface area contributed by atoms with Gasteiger partial charge in [-0.3, -0.25) is 9.89 Å². The largest absolute Gasteiger partial charge is 0.496 e. The third-order valence-corrected chi connectivity index (χ3v) is 4.31. The Morgan fingerprint density at radius 2 is 2.04 bits per heavy atom. The second-order valence-corrected chi connectivity index (χ2v) is 6.02. The van der Waals surface area contributed by atoms with Crippen molar-refractivity contribution in [3.05, 3.63) is 72.1 Å². The minimum absolute atomic E-state index is 0.359. The number of hydrogen-bond acceptors (Lipinski definition) is 5. The molecule has 0 aliphatic rings. The number of H-pyrrole nitrogens is 1. The number of rotatable bonds is 7. The van der Waals surface area contributed by atoms with Crippen LogP contribution in [0, 0.1) is 0 Å².